The number of ketones is 1. The van der Waals surface area contributed by atoms with Crippen LogP contribution in [0.15, 0.2) is 6.07 Å². The number of carbonyl (C=O) groups excluding carboxylic acids is 1. The van der Waals surface area contributed by atoms with Crippen molar-refractivity contribution in [1.82, 2.24) is 0 Å². The van der Waals surface area contributed by atoms with Crippen LogP contribution in [0, 0.1) is 11.8 Å². The second-order valence-corrected chi connectivity index (χ2v) is 3.52. The topological polar surface area (TPSA) is 46.5 Å². The molecule has 0 saturated carbocycles. The van der Waals surface area contributed by atoms with Gasteiger partial charge in [-0.2, -0.15) is 0 Å². The molecular formula is C10H10O3S. The molecule has 1 aromatic rings. The second-order valence-electron chi connectivity index (χ2n) is 2.46. The van der Waals surface area contributed by atoms with Crippen LogP contribution in [0.2, 0.25) is 0 Å². The van der Waals surface area contributed by atoms with Crippen LogP contribution in [0.1, 0.15) is 21.5 Å². The van der Waals surface area contributed by atoms with Crippen molar-refractivity contribution in [3.8, 4) is 17.6 Å². The molecule has 0 aliphatic carbocycles. The minimum absolute atomic E-state index is 0.337. The lowest BCUT2D eigenvalue weighted by atomic mass is 10.3. The number of carbonyl (C=O) groups is 1. The Morgan fingerprint density at radius 1 is 1.71 bits per heavy atom. The predicted molar refractivity (Wildman–Crippen MR) is 54.8 cm³/mol. The van der Waals surface area contributed by atoms with Gasteiger partial charge in [-0.25, -0.2) is 0 Å². The van der Waals surface area contributed by atoms with E-state index in [1.807, 2.05) is 0 Å². The number of rotatable bonds is 3. The van der Waals surface area contributed by atoms with Gasteiger partial charge >= 0.3 is 0 Å². The lowest BCUT2D eigenvalue weighted by molar-refractivity contribution is 0.0905. The summed E-state index contributed by atoms with van der Waals surface area (Å²) in [5.41, 5.74) is 0. The molecule has 0 radical (unpaired) electrons. The molecule has 0 atom stereocenters. The van der Waals surface area contributed by atoms with E-state index in [1.54, 1.807) is 13.0 Å². The quantitative estimate of drug-likeness (QED) is 0.604. The molecule has 74 valence electrons. The molecule has 3 nitrogen and oxygen atoms in total. The fourth-order valence-corrected chi connectivity index (χ4v) is 1.94. The molecule has 0 aliphatic heterocycles. The van der Waals surface area contributed by atoms with E-state index >= 15 is 0 Å². The van der Waals surface area contributed by atoms with Gasteiger partial charge in [-0.3, -0.25) is 4.79 Å². The summed E-state index contributed by atoms with van der Waals surface area (Å²) in [4.78, 5) is 12.4. The first-order valence-electron chi connectivity index (χ1n) is 3.97. The summed E-state index contributed by atoms with van der Waals surface area (Å²) in [5.74, 6) is 5.71. The summed E-state index contributed by atoms with van der Waals surface area (Å²) in [6.07, 6.45) is 0. The molecule has 1 rings (SSSR count). The third-order valence-electron chi connectivity index (χ3n) is 1.56. The van der Waals surface area contributed by atoms with Gasteiger partial charge in [0.2, 0.25) is 5.78 Å². The van der Waals surface area contributed by atoms with Crippen LogP contribution in [-0.2, 0) is 0 Å². The third-order valence-corrected chi connectivity index (χ3v) is 2.64. The van der Waals surface area contributed by atoms with E-state index in [4.69, 9.17) is 9.84 Å². The molecule has 0 unspecified atom stereocenters. The van der Waals surface area contributed by atoms with Crippen LogP contribution in [0.3, 0.4) is 0 Å². The lowest BCUT2D eigenvalue weighted by Crippen LogP contribution is -2.03. The Kier molecular flexibility index (Phi) is 3.69. The molecule has 0 spiro atoms. The zero-order valence-corrected chi connectivity index (χ0v) is 8.77. The maximum absolute atomic E-state index is 11.2. The highest BCUT2D eigenvalue weighted by Crippen LogP contribution is 2.28. The molecular weight excluding hydrogens is 200 g/mol. The van der Waals surface area contributed by atoms with Crippen molar-refractivity contribution in [1.29, 1.82) is 0 Å². The number of aliphatic hydroxyl groups is 1. The maximum atomic E-state index is 11.2. The summed E-state index contributed by atoms with van der Waals surface area (Å²) in [6, 6.07) is 1.70. The monoisotopic (exact) mass is 210 g/mol. The summed E-state index contributed by atoms with van der Waals surface area (Å²) in [6.45, 7) is 1.22. The summed E-state index contributed by atoms with van der Waals surface area (Å²) >= 11 is 1.23. The molecule has 4 heteroatoms. The van der Waals surface area contributed by atoms with Gasteiger partial charge in [0.1, 0.15) is 17.2 Å². The van der Waals surface area contributed by atoms with E-state index in [2.05, 4.69) is 11.8 Å². The van der Waals surface area contributed by atoms with Crippen molar-refractivity contribution in [3.63, 3.8) is 0 Å². The molecule has 0 amide bonds. The van der Waals surface area contributed by atoms with E-state index in [1.165, 1.54) is 18.4 Å². The molecule has 1 aromatic heterocycles. The van der Waals surface area contributed by atoms with Gasteiger partial charge < -0.3 is 9.84 Å². The van der Waals surface area contributed by atoms with Gasteiger partial charge in [-0.15, -0.1) is 17.3 Å². The Balaban J connectivity index is 3.12. The van der Waals surface area contributed by atoms with Crippen molar-refractivity contribution < 1.29 is 14.6 Å². The largest absolute Gasteiger partial charge is 0.495 e. The van der Waals surface area contributed by atoms with E-state index < -0.39 is 6.61 Å². The number of aliphatic hydroxyl groups excluding tert-OH is 1. The zero-order chi connectivity index (χ0) is 10.6. The smallest absolute Gasteiger partial charge is 0.201 e. The van der Waals surface area contributed by atoms with E-state index in [0.717, 1.165) is 4.88 Å². The average Bonchev–Trinajstić information content (AvgIpc) is 2.60. The first-order valence-corrected chi connectivity index (χ1v) is 4.79. The Labute approximate surface area is 86.3 Å². The Hall–Kier alpha value is -1.31. The highest BCUT2D eigenvalue weighted by molar-refractivity contribution is 7.15. The van der Waals surface area contributed by atoms with E-state index in [-0.39, 0.29) is 5.78 Å². The highest BCUT2D eigenvalue weighted by Gasteiger charge is 2.15. The number of ether oxygens (including phenoxy) is 1. The van der Waals surface area contributed by atoms with E-state index in [9.17, 15) is 4.79 Å². The average molecular weight is 210 g/mol. The van der Waals surface area contributed by atoms with Gasteiger partial charge in [0, 0.05) is 6.07 Å². The first kappa shape index (κ1) is 10.8. The van der Waals surface area contributed by atoms with Crippen molar-refractivity contribution >= 4 is 17.1 Å². The van der Waals surface area contributed by atoms with Crippen molar-refractivity contribution in [2.75, 3.05) is 13.7 Å². The van der Waals surface area contributed by atoms with Gasteiger partial charge in [0.15, 0.2) is 0 Å². The molecule has 0 aromatic carbocycles. The number of Topliss-reactive ketones (excluding diaryl/α,β-unsaturated/α-hetero) is 1. The molecule has 14 heavy (non-hydrogen) atoms. The third kappa shape index (κ3) is 2.13. The molecule has 0 fully saturated rings. The normalized spacial score (nSPS) is 9.07. The highest BCUT2D eigenvalue weighted by atomic mass is 32.1. The number of hydrogen-bond acceptors (Lipinski definition) is 4. The molecule has 0 aliphatic rings. The first-order chi connectivity index (χ1) is 6.72. The van der Waals surface area contributed by atoms with E-state index in [0.29, 0.717) is 10.6 Å². The second kappa shape index (κ2) is 4.80. The van der Waals surface area contributed by atoms with Crippen LogP contribution in [0.5, 0.6) is 5.75 Å². The van der Waals surface area contributed by atoms with Gasteiger partial charge in [-0.05, 0) is 6.92 Å². The number of methoxy groups -OCH3 is 1. The maximum Gasteiger partial charge on any atom is 0.201 e. The summed E-state index contributed by atoms with van der Waals surface area (Å²) in [7, 11) is 1.49. The van der Waals surface area contributed by atoms with Crippen molar-refractivity contribution in [2.24, 2.45) is 0 Å². The Bertz CT molecular complexity index is 395. The van der Waals surface area contributed by atoms with Crippen LogP contribution < -0.4 is 4.74 Å². The minimum atomic E-state index is -0.504. The summed E-state index contributed by atoms with van der Waals surface area (Å²) < 4.78 is 5.01. The fourth-order valence-electron chi connectivity index (χ4n) is 0.977. The lowest BCUT2D eigenvalue weighted by Gasteiger charge is -1.97. The summed E-state index contributed by atoms with van der Waals surface area (Å²) in [5, 5.41) is 8.71. The van der Waals surface area contributed by atoms with Gasteiger partial charge in [-0.1, -0.05) is 5.92 Å². The van der Waals surface area contributed by atoms with Crippen molar-refractivity contribution in [3.05, 3.63) is 15.8 Å². The van der Waals surface area contributed by atoms with Gasteiger partial charge in [0.05, 0.1) is 12.0 Å². The van der Waals surface area contributed by atoms with Crippen molar-refractivity contribution in [2.45, 2.75) is 6.92 Å². The fraction of sp³-hybridized carbons (Fsp3) is 0.300. The van der Waals surface area contributed by atoms with Crippen LogP contribution in [0.25, 0.3) is 0 Å². The molecule has 0 saturated heterocycles. The standard InChI is InChI=1S/C10H10O3S/c1-3-4-7-5-9(13-2)10(14-7)8(12)6-11/h5,11H,6H2,1-2H3. The SMILES string of the molecule is CC#Cc1cc(OC)c(C(=O)CO)s1. The Morgan fingerprint density at radius 3 is 2.93 bits per heavy atom. The zero-order valence-electron chi connectivity index (χ0n) is 7.96. The minimum Gasteiger partial charge on any atom is -0.495 e. The molecule has 1 N–H and O–H groups in total. The number of thiophene rings is 1. The molecule has 1 heterocycles. The number of hydrogen-bond donors (Lipinski definition) is 1. The van der Waals surface area contributed by atoms with Crippen LogP contribution >= 0.6 is 11.3 Å². The van der Waals surface area contributed by atoms with Crippen LogP contribution in [0.4, 0.5) is 0 Å². The van der Waals surface area contributed by atoms with Crippen LogP contribution in [-0.4, -0.2) is 24.6 Å². The predicted octanol–water partition coefficient (Wildman–Crippen LogP) is 1.30. The van der Waals surface area contributed by atoms with Gasteiger partial charge in [0.25, 0.3) is 0 Å². The molecule has 0 bridgehead atoms. The Morgan fingerprint density at radius 2 is 2.43 bits per heavy atom.